The minimum Gasteiger partial charge on any atom is -0.261 e. The summed E-state index contributed by atoms with van der Waals surface area (Å²) in [7, 11) is 0. The smallest absolute Gasteiger partial charge is 0.0447 e. The molecule has 5 aromatic carbocycles. The molecule has 0 amide bonds. The SMILES string of the molecule is c1ccc(-c2c3ccccc3c(-c3ccc(Cc4ccccn4)cc3)c3ccccc23)cc1. The summed E-state index contributed by atoms with van der Waals surface area (Å²) in [5.41, 5.74) is 7.46. The number of hydrogen-bond acceptors (Lipinski definition) is 1. The molecule has 156 valence electrons. The summed E-state index contributed by atoms with van der Waals surface area (Å²) in [5, 5.41) is 5.14. The van der Waals surface area contributed by atoms with Gasteiger partial charge in [0.15, 0.2) is 0 Å². The van der Waals surface area contributed by atoms with Gasteiger partial charge in [-0.1, -0.05) is 109 Å². The van der Waals surface area contributed by atoms with Gasteiger partial charge in [0, 0.05) is 18.3 Å². The van der Waals surface area contributed by atoms with E-state index < -0.39 is 0 Å². The van der Waals surface area contributed by atoms with Crippen molar-refractivity contribution in [1.29, 1.82) is 0 Å². The van der Waals surface area contributed by atoms with Crippen molar-refractivity contribution in [3.8, 4) is 22.3 Å². The highest BCUT2D eigenvalue weighted by Crippen LogP contribution is 2.43. The van der Waals surface area contributed by atoms with Crippen LogP contribution >= 0.6 is 0 Å². The predicted octanol–water partition coefficient (Wildman–Crippen LogP) is 8.31. The van der Waals surface area contributed by atoms with Crippen LogP contribution < -0.4 is 0 Å². The second-order valence-electron chi connectivity index (χ2n) is 8.40. The quantitative estimate of drug-likeness (QED) is 0.261. The van der Waals surface area contributed by atoms with Gasteiger partial charge in [-0.05, 0) is 61.5 Å². The molecule has 0 atom stereocenters. The molecule has 0 unspecified atom stereocenters. The van der Waals surface area contributed by atoms with Crippen LogP contribution in [-0.4, -0.2) is 4.98 Å². The van der Waals surface area contributed by atoms with E-state index in [4.69, 9.17) is 0 Å². The van der Waals surface area contributed by atoms with Crippen LogP contribution in [0.1, 0.15) is 11.3 Å². The Morgan fingerprint density at radius 3 is 1.42 bits per heavy atom. The number of rotatable bonds is 4. The highest BCUT2D eigenvalue weighted by atomic mass is 14.7. The molecule has 0 fully saturated rings. The van der Waals surface area contributed by atoms with E-state index in [0.29, 0.717) is 0 Å². The van der Waals surface area contributed by atoms with Crippen molar-refractivity contribution in [1.82, 2.24) is 4.98 Å². The van der Waals surface area contributed by atoms with Gasteiger partial charge in [-0.15, -0.1) is 0 Å². The monoisotopic (exact) mass is 421 g/mol. The minimum atomic E-state index is 0.843. The lowest BCUT2D eigenvalue weighted by Crippen LogP contribution is -1.93. The Morgan fingerprint density at radius 1 is 0.424 bits per heavy atom. The number of pyridine rings is 1. The van der Waals surface area contributed by atoms with Gasteiger partial charge in [-0.3, -0.25) is 4.98 Å². The molecule has 0 bridgehead atoms. The zero-order valence-electron chi connectivity index (χ0n) is 18.3. The number of nitrogens with zero attached hydrogens (tertiary/aromatic N) is 1. The Labute approximate surface area is 194 Å². The molecule has 0 aliphatic heterocycles. The Morgan fingerprint density at radius 2 is 0.909 bits per heavy atom. The van der Waals surface area contributed by atoms with Crippen molar-refractivity contribution in [2.24, 2.45) is 0 Å². The summed E-state index contributed by atoms with van der Waals surface area (Å²) < 4.78 is 0. The Bertz CT molecular complexity index is 1490. The van der Waals surface area contributed by atoms with Gasteiger partial charge < -0.3 is 0 Å². The highest BCUT2D eigenvalue weighted by molar-refractivity contribution is 6.21. The molecule has 1 nitrogen and oxygen atoms in total. The normalized spacial score (nSPS) is 11.2. The van der Waals surface area contributed by atoms with Gasteiger partial charge in [-0.2, -0.15) is 0 Å². The van der Waals surface area contributed by atoms with E-state index in [-0.39, 0.29) is 0 Å². The molecular weight excluding hydrogens is 398 g/mol. The molecule has 6 aromatic rings. The largest absolute Gasteiger partial charge is 0.261 e. The second-order valence-corrected chi connectivity index (χ2v) is 8.40. The summed E-state index contributed by atoms with van der Waals surface area (Å²) in [6.45, 7) is 0. The van der Waals surface area contributed by atoms with Crippen LogP contribution in [0.25, 0.3) is 43.8 Å². The fourth-order valence-electron chi connectivity index (χ4n) is 4.86. The lowest BCUT2D eigenvalue weighted by Gasteiger charge is -2.17. The van der Waals surface area contributed by atoms with Crippen LogP contribution in [-0.2, 0) is 6.42 Å². The zero-order valence-corrected chi connectivity index (χ0v) is 18.3. The maximum atomic E-state index is 4.47. The van der Waals surface area contributed by atoms with Crippen molar-refractivity contribution >= 4 is 21.5 Å². The Hall–Kier alpha value is -4.23. The molecule has 0 aliphatic carbocycles. The summed E-state index contributed by atoms with van der Waals surface area (Å²) in [6, 6.07) is 43.4. The van der Waals surface area contributed by atoms with Crippen LogP contribution in [0.4, 0.5) is 0 Å². The first-order valence-corrected chi connectivity index (χ1v) is 11.4. The Balaban J connectivity index is 1.56. The van der Waals surface area contributed by atoms with Crippen molar-refractivity contribution in [2.45, 2.75) is 6.42 Å². The van der Waals surface area contributed by atoms with Crippen molar-refractivity contribution in [3.05, 3.63) is 139 Å². The summed E-state index contributed by atoms with van der Waals surface area (Å²) in [6.07, 6.45) is 2.70. The van der Waals surface area contributed by atoms with Gasteiger partial charge in [0.1, 0.15) is 0 Å². The van der Waals surface area contributed by atoms with Crippen LogP contribution in [0.3, 0.4) is 0 Å². The fraction of sp³-hybridized carbons (Fsp3) is 0.0312. The van der Waals surface area contributed by atoms with Crippen molar-refractivity contribution in [3.63, 3.8) is 0 Å². The maximum Gasteiger partial charge on any atom is 0.0447 e. The zero-order chi connectivity index (χ0) is 22.0. The lowest BCUT2D eigenvalue weighted by atomic mass is 9.86. The first kappa shape index (κ1) is 19.5. The van der Waals surface area contributed by atoms with E-state index in [1.165, 1.54) is 49.4 Å². The first-order valence-electron chi connectivity index (χ1n) is 11.4. The van der Waals surface area contributed by atoms with E-state index in [1.54, 1.807) is 0 Å². The number of fused-ring (bicyclic) bond motifs is 2. The molecule has 33 heavy (non-hydrogen) atoms. The maximum absolute atomic E-state index is 4.47. The molecule has 0 N–H and O–H groups in total. The molecular formula is C32H23N. The summed E-state index contributed by atoms with van der Waals surface area (Å²) in [4.78, 5) is 4.47. The van der Waals surface area contributed by atoms with Crippen LogP contribution in [0.15, 0.2) is 128 Å². The average Bonchev–Trinajstić information content (AvgIpc) is 2.89. The predicted molar refractivity (Wildman–Crippen MR) is 139 cm³/mol. The molecule has 0 spiro atoms. The molecule has 1 heterocycles. The third-order valence-electron chi connectivity index (χ3n) is 6.35. The van der Waals surface area contributed by atoms with Gasteiger partial charge >= 0.3 is 0 Å². The molecule has 0 aliphatic rings. The van der Waals surface area contributed by atoms with E-state index in [1.807, 2.05) is 18.3 Å². The third-order valence-corrected chi connectivity index (χ3v) is 6.35. The highest BCUT2D eigenvalue weighted by Gasteiger charge is 2.16. The van der Waals surface area contributed by atoms with Crippen molar-refractivity contribution in [2.75, 3.05) is 0 Å². The van der Waals surface area contributed by atoms with Crippen LogP contribution in [0.2, 0.25) is 0 Å². The second kappa shape index (κ2) is 8.37. The third kappa shape index (κ3) is 3.58. The number of hydrogen-bond donors (Lipinski definition) is 0. The van der Waals surface area contributed by atoms with Crippen LogP contribution in [0.5, 0.6) is 0 Å². The summed E-state index contributed by atoms with van der Waals surface area (Å²) in [5.74, 6) is 0. The lowest BCUT2D eigenvalue weighted by molar-refractivity contribution is 1.07. The molecule has 0 radical (unpaired) electrons. The number of benzene rings is 5. The van der Waals surface area contributed by atoms with E-state index in [0.717, 1.165) is 12.1 Å². The van der Waals surface area contributed by atoms with Crippen LogP contribution in [0, 0.1) is 0 Å². The van der Waals surface area contributed by atoms with E-state index >= 15 is 0 Å². The molecule has 1 aromatic heterocycles. The molecule has 6 rings (SSSR count). The van der Waals surface area contributed by atoms with Gasteiger partial charge in [0.2, 0.25) is 0 Å². The number of aromatic nitrogens is 1. The van der Waals surface area contributed by atoms with Gasteiger partial charge in [0.25, 0.3) is 0 Å². The Kier molecular flexibility index (Phi) is 4.93. The van der Waals surface area contributed by atoms with Gasteiger partial charge in [-0.25, -0.2) is 0 Å². The minimum absolute atomic E-state index is 0.843. The topological polar surface area (TPSA) is 12.9 Å². The fourth-order valence-corrected chi connectivity index (χ4v) is 4.86. The van der Waals surface area contributed by atoms with E-state index in [9.17, 15) is 0 Å². The van der Waals surface area contributed by atoms with Crippen molar-refractivity contribution < 1.29 is 0 Å². The average molecular weight is 422 g/mol. The summed E-state index contributed by atoms with van der Waals surface area (Å²) >= 11 is 0. The molecule has 0 saturated carbocycles. The van der Waals surface area contributed by atoms with Gasteiger partial charge in [0.05, 0.1) is 0 Å². The molecule has 0 saturated heterocycles. The standard InChI is InChI=1S/C32H23N/c1-2-10-24(11-3-1)31-27-13-4-6-15-29(27)32(30-16-7-5-14-28(30)31)25-19-17-23(18-20-25)22-26-12-8-9-21-33-26/h1-21H,22H2. The first-order chi connectivity index (χ1) is 16.4. The van der Waals surface area contributed by atoms with E-state index in [2.05, 4.69) is 114 Å². The molecule has 1 heteroatoms.